The van der Waals surface area contributed by atoms with Crippen LogP contribution in [0.4, 0.5) is 0 Å². The third-order valence-corrected chi connectivity index (χ3v) is 3.85. The molecule has 0 aromatic heterocycles. The van der Waals surface area contributed by atoms with Crippen molar-refractivity contribution >= 4 is 11.8 Å². The normalized spacial score (nSPS) is 21.4. The van der Waals surface area contributed by atoms with Gasteiger partial charge in [0.2, 0.25) is 11.8 Å². The van der Waals surface area contributed by atoms with Crippen molar-refractivity contribution in [3.05, 3.63) is 30.3 Å². The Balaban J connectivity index is 1.37. The number of rotatable bonds is 6. The summed E-state index contributed by atoms with van der Waals surface area (Å²) in [4.78, 5) is 25.6. The number of carbonyl (C=O) groups is 2. The molecule has 112 valence electrons. The number of amides is 2. The van der Waals surface area contributed by atoms with E-state index >= 15 is 0 Å². The van der Waals surface area contributed by atoms with Crippen molar-refractivity contribution < 1.29 is 14.3 Å². The van der Waals surface area contributed by atoms with Gasteiger partial charge in [0.15, 0.2) is 0 Å². The molecule has 1 saturated heterocycles. The highest BCUT2D eigenvalue weighted by molar-refractivity contribution is 5.82. The summed E-state index contributed by atoms with van der Waals surface area (Å²) in [5, 5.41) is 2.93. The van der Waals surface area contributed by atoms with E-state index in [0.717, 1.165) is 18.6 Å². The molecule has 1 N–H and O–H groups in total. The Hall–Kier alpha value is -2.04. The van der Waals surface area contributed by atoms with Crippen LogP contribution in [0.5, 0.6) is 5.75 Å². The lowest BCUT2D eigenvalue weighted by atomic mass is 10.2. The second-order valence-corrected chi connectivity index (χ2v) is 5.66. The number of nitrogens with one attached hydrogen (secondary N) is 1. The molecule has 3 rings (SSSR count). The number of benzene rings is 1. The smallest absolute Gasteiger partial charge is 0.225 e. The topological polar surface area (TPSA) is 58.6 Å². The highest BCUT2D eigenvalue weighted by Gasteiger charge is 2.39. The predicted molar refractivity (Wildman–Crippen MR) is 77.8 cm³/mol. The molecule has 2 fully saturated rings. The fourth-order valence-electron chi connectivity index (χ4n) is 2.65. The van der Waals surface area contributed by atoms with Crippen molar-refractivity contribution in [2.45, 2.75) is 37.8 Å². The maximum atomic E-state index is 11.9. The van der Waals surface area contributed by atoms with Crippen LogP contribution in [0.25, 0.3) is 0 Å². The van der Waals surface area contributed by atoms with E-state index in [1.165, 1.54) is 0 Å². The summed E-state index contributed by atoms with van der Waals surface area (Å²) in [5.74, 6) is 0.881. The fourth-order valence-corrected chi connectivity index (χ4v) is 2.65. The second-order valence-electron chi connectivity index (χ2n) is 5.66. The lowest BCUT2D eigenvalue weighted by Gasteiger charge is -2.16. The summed E-state index contributed by atoms with van der Waals surface area (Å²) in [7, 11) is 0. The fraction of sp³-hybridized carbons (Fsp3) is 0.500. The van der Waals surface area contributed by atoms with Crippen molar-refractivity contribution in [3.63, 3.8) is 0 Å². The summed E-state index contributed by atoms with van der Waals surface area (Å²) in [6.45, 7) is 1.01. The summed E-state index contributed by atoms with van der Waals surface area (Å²) in [6, 6.07) is 9.82. The van der Waals surface area contributed by atoms with E-state index in [-0.39, 0.29) is 17.9 Å². The molecule has 0 radical (unpaired) electrons. The number of ether oxygens (including phenoxy) is 1. The first-order chi connectivity index (χ1) is 10.2. The van der Waals surface area contributed by atoms with Gasteiger partial charge in [0.1, 0.15) is 5.75 Å². The highest BCUT2D eigenvalue weighted by Crippen LogP contribution is 2.30. The number of nitrogens with zero attached hydrogens (tertiary/aromatic N) is 1. The van der Waals surface area contributed by atoms with Gasteiger partial charge in [0.05, 0.1) is 19.1 Å². The van der Waals surface area contributed by atoms with Gasteiger partial charge in [-0.25, -0.2) is 0 Å². The molecule has 1 aliphatic heterocycles. The van der Waals surface area contributed by atoms with E-state index in [9.17, 15) is 9.59 Å². The molecule has 21 heavy (non-hydrogen) atoms. The predicted octanol–water partition coefficient (Wildman–Crippen LogP) is 1.33. The minimum atomic E-state index is -0.0543. The lowest BCUT2D eigenvalue weighted by molar-refractivity contribution is -0.128. The lowest BCUT2D eigenvalue weighted by Crippen LogP contribution is -2.38. The van der Waals surface area contributed by atoms with Crippen LogP contribution in [-0.2, 0) is 9.59 Å². The van der Waals surface area contributed by atoms with Crippen molar-refractivity contribution in [1.82, 2.24) is 10.2 Å². The molecule has 1 heterocycles. The van der Waals surface area contributed by atoms with Crippen LogP contribution in [0.1, 0.15) is 25.7 Å². The van der Waals surface area contributed by atoms with Crippen LogP contribution >= 0.6 is 0 Å². The third-order valence-electron chi connectivity index (χ3n) is 3.85. The van der Waals surface area contributed by atoms with Crippen molar-refractivity contribution in [2.75, 3.05) is 13.2 Å². The average molecular weight is 288 g/mol. The summed E-state index contributed by atoms with van der Waals surface area (Å²) in [6.07, 6.45) is 2.96. The highest BCUT2D eigenvalue weighted by atomic mass is 16.5. The Bertz CT molecular complexity index is 514. The summed E-state index contributed by atoms with van der Waals surface area (Å²) >= 11 is 0. The van der Waals surface area contributed by atoms with Crippen LogP contribution in [-0.4, -0.2) is 41.9 Å². The van der Waals surface area contributed by atoms with E-state index in [2.05, 4.69) is 5.32 Å². The number of para-hydroxylation sites is 1. The number of likely N-dealkylation sites (tertiary alicyclic amines) is 1. The van der Waals surface area contributed by atoms with Gasteiger partial charge in [-0.3, -0.25) is 9.59 Å². The third kappa shape index (κ3) is 3.74. The van der Waals surface area contributed by atoms with Gasteiger partial charge < -0.3 is 15.0 Å². The zero-order chi connectivity index (χ0) is 14.7. The van der Waals surface area contributed by atoms with E-state index < -0.39 is 0 Å². The van der Waals surface area contributed by atoms with Gasteiger partial charge in [-0.2, -0.15) is 0 Å². The second kappa shape index (κ2) is 6.16. The standard InChI is InChI=1S/C16H20N2O3/c19-15(8-9-21-14-4-2-1-3-5-14)17-12-10-16(20)18(11-12)13-6-7-13/h1-5,12-13H,6-11H2,(H,17,19). The van der Waals surface area contributed by atoms with Crippen LogP contribution < -0.4 is 10.1 Å². The molecule has 0 spiro atoms. The van der Waals surface area contributed by atoms with E-state index in [0.29, 0.717) is 32.0 Å². The number of hydrogen-bond donors (Lipinski definition) is 1. The van der Waals surface area contributed by atoms with Crippen LogP contribution in [0.2, 0.25) is 0 Å². The summed E-state index contributed by atoms with van der Waals surface area (Å²) in [5.41, 5.74) is 0. The molecule has 5 heteroatoms. The van der Waals surface area contributed by atoms with Crippen LogP contribution in [0.3, 0.4) is 0 Å². The molecule has 1 aliphatic carbocycles. The van der Waals surface area contributed by atoms with Crippen molar-refractivity contribution in [3.8, 4) is 5.75 Å². The first kappa shape index (κ1) is 13.9. The van der Waals surface area contributed by atoms with Crippen molar-refractivity contribution in [2.24, 2.45) is 0 Å². The molecule has 1 aromatic rings. The van der Waals surface area contributed by atoms with Crippen molar-refractivity contribution in [1.29, 1.82) is 0 Å². The molecule has 1 unspecified atom stereocenters. The average Bonchev–Trinajstić information content (AvgIpc) is 3.24. The molecule has 2 aliphatic rings. The maximum absolute atomic E-state index is 11.9. The zero-order valence-corrected chi connectivity index (χ0v) is 12.0. The number of carbonyl (C=O) groups excluding carboxylic acids is 2. The quantitative estimate of drug-likeness (QED) is 0.859. The Morgan fingerprint density at radius 3 is 2.76 bits per heavy atom. The van der Waals surface area contributed by atoms with E-state index in [1.807, 2.05) is 35.2 Å². The molecule has 2 amide bonds. The van der Waals surface area contributed by atoms with Crippen LogP contribution in [0, 0.1) is 0 Å². The number of hydrogen-bond acceptors (Lipinski definition) is 3. The largest absolute Gasteiger partial charge is 0.493 e. The van der Waals surface area contributed by atoms with Gasteiger partial charge >= 0.3 is 0 Å². The van der Waals surface area contributed by atoms with Gasteiger partial charge in [-0.05, 0) is 25.0 Å². The van der Waals surface area contributed by atoms with Gasteiger partial charge in [0, 0.05) is 19.0 Å². The Morgan fingerprint density at radius 2 is 2.05 bits per heavy atom. The van der Waals surface area contributed by atoms with Gasteiger partial charge in [-0.1, -0.05) is 18.2 Å². The Morgan fingerprint density at radius 1 is 1.29 bits per heavy atom. The van der Waals surface area contributed by atoms with E-state index in [4.69, 9.17) is 4.74 Å². The summed E-state index contributed by atoms with van der Waals surface area (Å²) < 4.78 is 5.49. The minimum absolute atomic E-state index is 0.0395. The molecular formula is C16H20N2O3. The monoisotopic (exact) mass is 288 g/mol. The first-order valence-corrected chi connectivity index (χ1v) is 7.49. The Kier molecular flexibility index (Phi) is 4.08. The SMILES string of the molecule is O=C(CCOc1ccccc1)NC1CC(=O)N(C2CC2)C1. The molecule has 1 aromatic carbocycles. The van der Waals surface area contributed by atoms with Crippen LogP contribution in [0.15, 0.2) is 30.3 Å². The molecule has 0 bridgehead atoms. The molecule has 1 atom stereocenters. The maximum Gasteiger partial charge on any atom is 0.225 e. The zero-order valence-electron chi connectivity index (χ0n) is 12.0. The molecular weight excluding hydrogens is 268 g/mol. The van der Waals surface area contributed by atoms with E-state index in [1.54, 1.807) is 0 Å². The van der Waals surface area contributed by atoms with Gasteiger partial charge in [-0.15, -0.1) is 0 Å². The molecule has 5 nitrogen and oxygen atoms in total. The molecule has 1 saturated carbocycles. The first-order valence-electron chi connectivity index (χ1n) is 7.49. The van der Waals surface area contributed by atoms with Gasteiger partial charge in [0.25, 0.3) is 0 Å². The Labute approximate surface area is 124 Å². The minimum Gasteiger partial charge on any atom is -0.493 e.